The molecule has 0 aromatic heterocycles. The van der Waals surface area contributed by atoms with Gasteiger partial charge in [-0.15, -0.1) is 0 Å². The van der Waals surface area contributed by atoms with Crippen molar-refractivity contribution in [2.75, 3.05) is 32.8 Å². The van der Waals surface area contributed by atoms with E-state index in [1.165, 1.54) is 0 Å². The number of hydrogen-bond acceptors (Lipinski definition) is 3. The molecule has 0 unspecified atom stereocenters. The van der Waals surface area contributed by atoms with Crippen molar-refractivity contribution in [3.63, 3.8) is 0 Å². The third-order valence-electron chi connectivity index (χ3n) is 3.82. The topological polar surface area (TPSA) is 32.7 Å². The van der Waals surface area contributed by atoms with Crippen LogP contribution in [-0.4, -0.2) is 42.9 Å². The number of ether oxygens (including phenoxy) is 1. The summed E-state index contributed by atoms with van der Waals surface area (Å²) in [6.45, 7) is 6.32. The van der Waals surface area contributed by atoms with Gasteiger partial charge in [0.25, 0.3) is 0 Å². The third kappa shape index (κ3) is 3.93. The largest absolute Gasteiger partial charge is 0.385 e. The van der Waals surface area contributed by atoms with Gasteiger partial charge in [-0.2, -0.15) is 0 Å². The highest BCUT2D eigenvalue weighted by atomic mass is 35.5. The van der Waals surface area contributed by atoms with Gasteiger partial charge in [-0.1, -0.05) is 23.7 Å². The molecule has 0 aliphatic carbocycles. The van der Waals surface area contributed by atoms with Crippen LogP contribution in [0.5, 0.6) is 0 Å². The molecule has 1 fully saturated rings. The Kier molecular flexibility index (Phi) is 5.22. The number of likely N-dealkylation sites (tertiary alicyclic amines) is 1. The van der Waals surface area contributed by atoms with E-state index < -0.39 is 5.60 Å². The van der Waals surface area contributed by atoms with E-state index >= 15 is 0 Å². The van der Waals surface area contributed by atoms with Crippen molar-refractivity contribution in [3.8, 4) is 0 Å². The summed E-state index contributed by atoms with van der Waals surface area (Å²) >= 11 is 5.89. The Balaban J connectivity index is 1.89. The Morgan fingerprint density at radius 3 is 2.47 bits per heavy atom. The van der Waals surface area contributed by atoms with E-state index in [0.717, 1.165) is 51.3 Å². The molecule has 3 nitrogen and oxygen atoms in total. The minimum atomic E-state index is -0.702. The lowest BCUT2D eigenvalue weighted by atomic mass is 9.84. The standard InChI is InChI=1S/C15H22ClNO2/c1-2-19-12-11-17-9-7-15(18,8-10-17)13-3-5-14(16)6-4-13/h3-6,18H,2,7-12H2,1H3. The van der Waals surface area contributed by atoms with E-state index in [9.17, 15) is 5.11 Å². The van der Waals surface area contributed by atoms with Crippen LogP contribution in [-0.2, 0) is 10.3 Å². The number of aliphatic hydroxyl groups is 1. The summed E-state index contributed by atoms with van der Waals surface area (Å²) in [5, 5.41) is 11.4. The zero-order valence-electron chi connectivity index (χ0n) is 11.4. The summed E-state index contributed by atoms with van der Waals surface area (Å²) in [4.78, 5) is 2.35. The lowest BCUT2D eigenvalue weighted by molar-refractivity contribution is -0.0308. The Labute approximate surface area is 120 Å². The fourth-order valence-electron chi connectivity index (χ4n) is 2.53. The number of rotatable bonds is 5. The molecule has 1 aromatic carbocycles. The molecule has 0 bridgehead atoms. The molecule has 1 N–H and O–H groups in total. The van der Waals surface area contributed by atoms with Crippen molar-refractivity contribution >= 4 is 11.6 Å². The summed E-state index contributed by atoms with van der Waals surface area (Å²) in [6, 6.07) is 7.54. The first-order valence-corrected chi connectivity index (χ1v) is 7.30. The van der Waals surface area contributed by atoms with Crippen molar-refractivity contribution in [2.24, 2.45) is 0 Å². The minimum Gasteiger partial charge on any atom is -0.385 e. The Bertz CT molecular complexity index is 386. The van der Waals surface area contributed by atoms with Crippen molar-refractivity contribution in [3.05, 3.63) is 34.9 Å². The van der Waals surface area contributed by atoms with E-state index in [2.05, 4.69) is 4.90 Å². The second-order valence-corrected chi connectivity index (χ2v) is 5.51. The molecule has 1 saturated heterocycles. The van der Waals surface area contributed by atoms with Crippen LogP contribution in [0.4, 0.5) is 0 Å². The van der Waals surface area contributed by atoms with Gasteiger partial charge in [-0.05, 0) is 37.5 Å². The second-order valence-electron chi connectivity index (χ2n) is 5.08. The zero-order valence-corrected chi connectivity index (χ0v) is 12.2. The molecule has 106 valence electrons. The van der Waals surface area contributed by atoms with Gasteiger partial charge >= 0.3 is 0 Å². The van der Waals surface area contributed by atoms with Gasteiger partial charge in [0.05, 0.1) is 12.2 Å². The molecular formula is C15H22ClNO2. The highest BCUT2D eigenvalue weighted by Gasteiger charge is 2.33. The van der Waals surface area contributed by atoms with Crippen LogP contribution in [0, 0.1) is 0 Å². The number of benzene rings is 1. The second kappa shape index (κ2) is 6.71. The van der Waals surface area contributed by atoms with Gasteiger partial charge in [0.15, 0.2) is 0 Å². The van der Waals surface area contributed by atoms with Gasteiger partial charge in [0.1, 0.15) is 0 Å². The predicted octanol–water partition coefficient (Wildman–Crippen LogP) is 2.66. The van der Waals surface area contributed by atoms with E-state index in [1.807, 2.05) is 31.2 Å². The molecule has 4 heteroatoms. The SMILES string of the molecule is CCOCCN1CCC(O)(c2ccc(Cl)cc2)CC1. The molecule has 0 saturated carbocycles. The van der Waals surface area contributed by atoms with Crippen LogP contribution in [0.1, 0.15) is 25.3 Å². The van der Waals surface area contributed by atoms with Crippen LogP contribution >= 0.6 is 11.6 Å². The first-order valence-electron chi connectivity index (χ1n) is 6.92. The molecule has 0 radical (unpaired) electrons. The van der Waals surface area contributed by atoms with Crippen LogP contribution < -0.4 is 0 Å². The Morgan fingerprint density at radius 2 is 1.89 bits per heavy atom. The Morgan fingerprint density at radius 1 is 1.26 bits per heavy atom. The van der Waals surface area contributed by atoms with Crippen LogP contribution in [0.25, 0.3) is 0 Å². The van der Waals surface area contributed by atoms with Gasteiger partial charge in [-0.25, -0.2) is 0 Å². The van der Waals surface area contributed by atoms with Crippen molar-refractivity contribution in [1.82, 2.24) is 4.90 Å². The first-order chi connectivity index (χ1) is 9.14. The smallest absolute Gasteiger partial charge is 0.0920 e. The average Bonchev–Trinajstić information content (AvgIpc) is 2.42. The van der Waals surface area contributed by atoms with Crippen molar-refractivity contribution < 1.29 is 9.84 Å². The zero-order chi connectivity index (χ0) is 13.7. The molecule has 2 rings (SSSR count). The van der Waals surface area contributed by atoms with E-state index in [-0.39, 0.29) is 0 Å². The van der Waals surface area contributed by atoms with E-state index in [0.29, 0.717) is 5.02 Å². The van der Waals surface area contributed by atoms with Gasteiger partial charge in [-0.3, -0.25) is 0 Å². The number of halogens is 1. The summed E-state index contributed by atoms with van der Waals surface area (Å²) in [5.74, 6) is 0. The molecule has 0 spiro atoms. The predicted molar refractivity (Wildman–Crippen MR) is 77.5 cm³/mol. The summed E-state index contributed by atoms with van der Waals surface area (Å²) < 4.78 is 5.37. The van der Waals surface area contributed by atoms with Gasteiger partial charge < -0.3 is 14.7 Å². The molecule has 1 aliphatic rings. The average molecular weight is 284 g/mol. The van der Waals surface area contributed by atoms with E-state index in [1.54, 1.807) is 0 Å². The lowest BCUT2D eigenvalue weighted by Gasteiger charge is -2.38. The third-order valence-corrected chi connectivity index (χ3v) is 4.07. The highest BCUT2D eigenvalue weighted by molar-refractivity contribution is 6.30. The molecule has 1 aliphatic heterocycles. The molecule has 0 amide bonds. The summed E-state index contributed by atoms with van der Waals surface area (Å²) in [7, 11) is 0. The van der Waals surface area contributed by atoms with E-state index in [4.69, 9.17) is 16.3 Å². The number of nitrogens with zero attached hydrogens (tertiary/aromatic N) is 1. The lowest BCUT2D eigenvalue weighted by Crippen LogP contribution is -2.43. The quantitative estimate of drug-likeness (QED) is 0.844. The highest BCUT2D eigenvalue weighted by Crippen LogP contribution is 2.33. The normalized spacial score (nSPS) is 19.5. The Hall–Kier alpha value is -0.610. The summed E-state index contributed by atoms with van der Waals surface area (Å²) in [6.07, 6.45) is 1.53. The molecule has 0 atom stereocenters. The van der Waals surface area contributed by atoms with Crippen molar-refractivity contribution in [1.29, 1.82) is 0 Å². The maximum Gasteiger partial charge on any atom is 0.0920 e. The molecule has 1 heterocycles. The number of piperidine rings is 1. The van der Waals surface area contributed by atoms with Gasteiger partial charge in [0.2, 0.25) is 0 Å². The fourth-order valence-corrected chi connectivity index (χ4v) is 2.66. The first kappa shape index (κ1) is 14.8. The number of hydrogen-bond donors (Lipinski definition) is 1. The molecule has 19 heavy (non-hydrogen) atoms. The monoisotopic (exact) mass is 283 g/mol. The fraction of sp³-hybridized carbons (Fsp3) is 0.600. The minimum absolute atomic E-state index is 0.702. The molecular weight excluding hydrogens is 262 g/mol. The van der Waals surface area contributed by atoms with Crippen LogP contribution in [0.3, 0.4) is 0 Å². The van der Waals surface area contributed by atoms with Crippen molar-refractivity contribution in [2.45, 2.75) is 25.4 Å². The van der Waals surface area contributed by atoms with Gasteiger partial charge in [0, 0.05) is 31.3 Å². The van der Waals surface area contributed by atoms with Crippen LogP contribution in [0.2, 0.25) is 5.02 Å². The summed E-state index contributed by atoms with van der Waals surface area (Å²) in [5.41, 5.74) is 0.272. The molecule has 1 aromatic rings. The van der Waals surface area contributed by atoms with Crippen LogP contribution in [0.15, 0.2) is 24.3 Å². The maximum absolute atomic E-state index is 10.7. The maximum atomic E-state index is 10.7.